The molecule has 100 valence electrons. The van der Waals surface area contributed by atoms with Gasteiger partial charge in [-0.15, -0.1) is 0 Å². The summed E-state index contributed by atoms with van der Waals surface area (Å²) in [4.78, 5) is 11.5. The van der Waals surface area contributed by atoms with Gasteiger partial charge in [-0.05, 0) is 19.8 Å². The lowest BCUT2D eigenvalue weighted by Crippen LogP contribution is -2.63. The maximum atomic E-state index is 11.5. The number of amides is 1. The minimum absolute atomic E-state index is 0.0122. The molecule has 0 heterocycles. The highest BCUT2D eigenvalue weighted by Gasteiger charge is 2.49. The predicted octanol–water partition coefficient (Wildman–Crippen LogP) is 1.43. The fourth-order valence-corrected chi connectivity index (χ4v) is 2.09. The van der Waals surface area contributed by atoms with Gasteiger partial charge in [-0.25, -0.2) is 0 Å². The normalized spacial score (nSPS) is 28.3. The van der Waals surface area contributed by atoms with Crippen molar-refractivity contribution >= 4 is 5.91 Å². The Hall–Kier alpha value is -0.610. The van der Waals surface area contributed by atoms with E-state index in [1.807, 2.05) is 0 Å². The summed E-state index contributed by atoms with van der Waals surface area (Å²) in [5, 5.41) is 2.98. The molecule has 1 amide bonds. The molecule has 1 aliphatic rings. The van der Waals surface area contributed by atoms with Gasteiger partial charge in [-0.2, -0.15) is 0 Å². The first-order valence-electron chi connectivity index (χ1n) is 6.57. The Morgan fingerprint density at radius 1 is 1.59 bits per heavy atom. The van der Waals surface area contributed by atoms with Crippen LogP contribution >= 0.6 is 0 Å². The first kappa shape index (κ1) is 14.5. The zero-order chi connectivity index (χ0) is 13.1. The number of nitrogens with one attached hydrogen (secondary N) is 1. The third-order valence-electron chi connectivity index (χ3n) is 3.72. The second kappa shape index (κ2) is 5.83. The quantitative estimate of drug-likeness (QED) is 0.693. The lowest BCUT2D eigenvalue weighted by molar-refractivity contribution is -0.138. The van der Waals surface area contributed by atoms with Gasteiger partial charge in [-0.3, -0.25) is 4.79 Å². The topological polar surface area (TPSA) is 64.3 Å². The van der Waals surface area contributed by atoms with Crippen LogP contribution in [-0.4, -0.2) is 30.7 Å². The summed E-state index contributed by atoms with van der Waals surface area (Å²) >= 11 is 0. The van der Waals surface area contributed by atoms with Crippen LogP contribution in [0.3, 0.4) is 0 Å². The molecule has 1 aliphatic carbocycles. The molecule has 1 saturated carbocycles. The summed E-state index contributed by atoms with van der Waals surface area (Å²) in [6.07, 6.45) is 3.41. The number of ether oxygens (including phenoxy) is 1. The van der Waals surface area contributed by atoms with Crippen molar-refractivity contribution in [2.45, 2.75) is 65.1 Å². The van der Waals surface area contributed by atoms with Crippen LogP contribution in [0.15, 0.2) is 0 Å². The highest BCUT2D eigenvalue weighted by Crippen LogP contribution is 2.42. The monoisotopic (exact) mass is 242 g/mol. The summed E-state index contributed by atoms with van der Waals surface area (Å²) in [6.45, 7) is 8.95. The maximum absolute atomic E-state index is 11.5. The van der Waals surface area contributed by atoms with Gasteiger partial charge in [0.25, 0.3) is 0 Å². The number of hydrogen-bond acceptors (Lipinski definition) is 3. The van der Waals surface area contributed by atoms with Gasteiger partial charge in [0.2, 0.25) is 5.91 Å². The molecule has 0 aromatic heterocycles. The highest BCUT2D eigenvalue weighted by molar-refractivity contribution is 5.81. The fourth-order valence-electron chi connectivity index (χ4n) is 2.09. The Morgan fingerprint density at radius 2 is 2.24 bits per heavy atom. The Kier molecular flexibility index (Phi) is 4.95. The summed E-state index contributed by atoms with van der Waals surface area (Å²) in [6, 6.07) is -0.251. The van der Waals surface area contributed by atoms with Crippen LogP contribution in [0.5, 0.6) is 0 Å². The Morgan fingerprint density at radius 3 is 2.71 bits per heavy atom. The first-order valence-corrected chi connectivity index (χ1v) is 6.57. The third kappa shape index (κ3) is 3.42. The van der Waals surface area contributed by atoms with Crippen molar-refractivity contribution in [1.82, 2.24) is 5.32 Å². The number of carbonyl (C=O) groups excluding carboxylic acids is 1. The Balaban J connectivity index is 2.36. The van der Waals surface area contributed by atoms with Gasteiger partial charge in [0.1, 0.15) is 0 Å². The standard InChI is InChI=1S/C13H26N2O2/c1-5-6-7-17-11-8-10(13(11,3)4)15-12(16)9(2)14/h9-11H,5-8,14H2,1-4H3,(H,15,16)/t9-,10?,11?/m0/s1. The first-order chi connectivity index (χ1) is 7.89. The van der Waals surface area contributed by atoms with E-state index in [1.54, 1.807) is 6.92 Å². The van der Waals surface area contributed by atoms with E-state index in [0.29, 0.717) is 0 Å². The molecule has 0 spiro atoms. The minimum atomic E-state index is -0.439. The van der Waals surface area contributed by atoms with Crippen LogP contribution in [0, 0.1) is 5.41 Å². The molecule has 3 N–H and O–H groups in total. The van der Waals surface area contributed by atoms with Crippen molar-refractivity contribution in [3.05, 3.63) is 0 Å². The van der Waals surface area contributed by atoms with Crippen molar-refractivity contribution < 1.29 is 9.53 Å². The van der Waals surface area contributed by atoms with Crippen LogP contribution in [-0.2, 0) is 9.53 Å². The molecule has 0 radical (unpaired) electrons. The number of unbranched alkanes of at least 4 members (excludes halogenated alkanes) is 1. The predicted molar refractivity (Wildman–Crippen MR) is 68.6 cm³/mol. The van der Waals surface area contributed by atoms with Crippen molar-refractivity contribution in [3.63, 3.8) is 0 Å². The fraction of sp³-hybridized carbons (Fsp3) is 0.923. The molecule has 4 nitrogen and oxygen atoms in total. The van der Waals surface area contributed by atoms with E-state index >= 15 is 0 Å². The van der Waals surface area contributed by atoms with E-state index in [9.17, 15) is 4.79 Å². The van der Waals surface area contributed by atoms with Crippen molar-refractivity contribution in [2.24, 2.45) is 11.1 Å². The molecular formula is C13H26N2O2. The van der Waals surface area contributed by atoms with Crippen LogP contribution in [0.4, 0.5) is 0 Å². The molecule has 0 saturated heterocycles. The smallest absolute Gasteiger partial charge is 0.236 e. The molecule has 0 aromatic rings. The number of carbonyl (C=O) groups is 1. The van der Waals surface area contributed by atoms with Gasteiger partial charge in [0.15, 0.2) is 0 Å². The zero-order valence-electron chi connectivity index (χ0n) is 11.5. The molecule has 0 aliphatic heterocycles. The summed E-state index contributed by atoms with van der Waals surface area (Å²) in [7, 11) is 0. The summed E-state index contributed by atoms with van der Waals surface area (Å²) in [5.74, 6) is -0.0740. The minimum Gasteiger partial charge on any atom is -0.378 e. The molecule has 0 bridgehead atoms. The van der Waals surface area contributed by atoms with E-state index < -0.39 is 6.04 Å². The molecule has 1 rings (SSSR count). The summed E-state index contributed by atoms with van der Waals surface area (Å²) < 4.78 is 5.82. The second-order valence-corrected chi connectivity index (χ2v) is 5.62. The largest absolute Gasteiger partial charge is 0.378 e. The van der Waals surface area contributed by atoms with Crippen molar-refractivity contribution in [1.29, 1.82) is 0 Å². The average Bonchev–Trinajstić information content (AvgIpc) is 2.26. The lowest BCUT2D eigenvalue weighted by atomic mass is 9.64. The van der Waals surface area contributed by atoms with Crippen molar-refractivity contribution in [3.8, 4) is 0 Å². The maximum Gasteiger partial charge on any atom is 0.236 e. The van der Waals surface area contributed by atoms with Crippen LogP contribution in [0.2, 0.25) is 0 Å². The molecule has 17 heavy (non-hydrogen) atoms. The second-order valence-electron chi connectivity index (χ2n) is 5.62. The van der Waals surface area contributed by atoms with Gasteiger partial charge in [0.05, 0.1) is 12.1 Å². The molecule has 3 atom stereocenters. The van der Waals surface area contributed by atoms with Gasteiger partial charge in [-0.1, -0.05) is 27.2 Å². The Labute approximate surface area is 104 Å². The van der Waals surface area contributed by atoms with Gasteiger partial charge < -0.3 is 15.8 Å². The van der Waals surface area contributed by atoms with E-state index in [0.717, 1.165) is 25.9 Å². The van der Waals surface area contributed by atoms with Crippen LogP contribution in [0.1, 0.15) is 47.0 Å². The van der Waals surface area contributed by atoms with E-state index in [4.69, 9.17) is 10.5 Å². The lowest BCUT2D eigenvalue weighted by Gasteiger charge is -2.51. The number of hydrogen-bond donors (Lipinski definition) is 2. The molecule has 4 heteroatoms. The van der Waals surface area contributed by atoms with Crippen LogP contribution in [0.25, 0.3) is 0 Å². The van der Waals surface area contributed by atoms with Crippen LogP contribution < -0.4 is 11.1 Å². The Bertz CT molecular complexity index is 264. The zero-order valence-corrected chi connectivity index (χ0v) is 11.5. The average molecular weight is 242 g/mol. The SMILES string of the molecule is CCCCOC1CC(NC(=O)[C@H](C)N)C1(C)C. The van der Waals surface area contributed by atoms with E-state index in [-0.39, 0.29) is 23.5 Å². The highest BCUT2D eigenvalue weighted by atomic mass is 16.5. The molecule has 2 unspecified atom stereocenters. The molecular weight excluding hydrogens is 216 g/mol. The van der Waals surface area contributed by atoms with Gasteiger partial charge >= 0.3 is 0 Å². The van der Waals surface area contributed by atoms with E-state index in [1.165, 1.54) is 0 Å². The molecule has 1 fully saturated rings. The third-order valence-corrected chi connectivity index (χ3v) is 3.72. The van der Waals surface area contributed by atoms with Gasteiger partial charge in [0, 0.05) is 18.1 Å². The van der Waals surface area contributed by atoms with Crippen molar-refractivity contribution in [2.75, 3.05) is 6.61 Å². The number of nitrogens with two attached hydrogens (primary N) is 1. The van der Waals surface area contributed by atoms with E-state index in [2.05, 4.69) is 26.1 Å². The number of rotatable bonds is 6. The summed E-state index contributed by atoms with van der Waals surface area (Å²) in [5.41, 5.74) is 5.55. The molecule has 0 aromatic carbocycles.